The van der Waals surface area contributed by atoms with Crippen LogP contribution >= 0.6 is 0 Å². The van der Waals surface area contributed by atoms with Crippen LogP contribution in [0.2, 0.25) is 0 Å². The number of fused-ring (bicyclic) bond motifs is 1. The zero-order valence-corrected chi connectivity index (χ0v) is 37.1. The first-order valence-corrected chi connectivity index (χ1v) is 21.1. The molecule has 0 radical (unpaired) electrons. The van der Waals surface area contributed by atoms with E-state index in [1.807, 2.05) is 44.0 Å². The first kappa shape index (κ1) is 44.8. The molecule has 6 N–H and O–H groups in total. The topological polar surface area (TPSA) is 258 Å². The third-order valence-electron chi connectivity index (χ3n) is 10.9. The van der Waals surface area contributed by atoms with Gasteiger partial charge >= 0.3 is 0 Å². The lowest BCUT2D eigenvalue weighted by Gasteiger charge is -2.27. The molecule has 0 fully saturated rings. The van der Waals surface area contributed by atoms with E-state index >= 15 is 0 Å². The van der Waals surface area contributed by atoms with Crippen LogP contribution in [0.25, 0.3) is 22.1 Å². The molecule has 7 rings (SSSR count). The van der Waals surface area contributed by atoms with E-state index in [0.29, 0.717) is 102 Å². The van der Waals surface area contributed by atoms with Crippen LogP contribution in [0.4, 0.5) is 11.9 Å². The van der Waals surface area contributed by atoms with Crippen molar-refractivity contribution >= 4 is 63.5 Å². The minimum atomic E-state index is -0.687. The Kier molecular flexibility index (Phi) is 13.0. The smallest absolute Gasteiger partial charge is 0.276 e. The Hall–Kier alpha value is -7.29. The minimum absolute atomic E-state index is 0.0339. The number of hydrogen-bond acceptors (Lipinski definition) is 12. The molecule has 1 aliphatic heterocycles. The van der Waals surface area contributed by atoms with Crippen LogP contribution in [0.3, 0.4) is 0 Å². The molecule has 64 heavy (non-hydrogen) atoms. The number of rotatable bonds is 19. The first-order chi connectivity index (χ1) is 30.6. The second-order valence-electron chi connectivity index (χ2n) is 16.0. The van der Waals surface area contributed by atoms with Crippen molar-refractivity contribution in [2.45, 2.75) is 72.6 Å². The Labute approximate surface area is 368 Å². The summed E-state index contributed by atoms with van der Waals surface area (Å²) in [5.41, 5.74) is 15.8. The van der Waals surface area contributed by atoms with Gasteiger partial charge in [0.25, 0.3) is 11.8 Å². The van der Waals surface area contributed by atoms with E-state index in [-0.39, 0.29) is 54.7 Å². The van der Waals surface area contributed by atoms with E-state index in [2.05, 4.69) is 20.8 Å². The quantitative estimate of drug-likeness (QED) is 0.0855. The van der Waals surface area contributed by atoms with Crippen LogP contribution in [0.1, 0.15) is 92.2 Å². The molecule has 21 nitrogen and oxygen atoms in total. The summed E-state index contributed by atoms with van der Waals surface area (Å²) < 4.78 is 19.5. The van der Waals surface area contributed by atoms with Gasteiger partial charge in [-0.25, -0.2) is 9.97 Å². The second-order valence-corrected chi connectivity index (χ2v) is 16.0. The Morgan fingerprint density at radius 2 is 1.38 bits per heavy atom. The SMILES string of the molecule is CCn1nc(C)cc1C(=O)Nc1nc2cc(C(N)=O)cc(OCCCN(C)C(=O)CN(C)C)c2n1CCC[C@H]1COc2cc(C(N)=O)cc3nc(NC(=O)c4cc(C)nn4CC)n1c23. The Bertz CT molecular complexity index is 2780. The molecule has 5 amide bonds. The molecular weight excluding hydrogens is 825 g/mol. The average Bonchev–Trinajstić information content (AvgIpc) is 4.02. The molecule has 4 aromatic heterocycles. The summed E-state index contributed by atoms with van der Waals surface area (Å²) in [6.07, 6.45) is 1.45. The Morgan fingerprint density at radius 3 is 1.97 bits per heavy atom. The molecule has 1 aliphatic rings. The number of aromatic nitrogens is 8. The number of anilines is 2. The lowest BCUT2D eigenvalue weighted by Crippen LogP contribution is -2.36. The van der Waals surface area contributed by atoms with Crippen molar-refractivity contribution in [3.63, 3.8) is 0 Å². The summed E-state index contributed by atoms with van der Waals surface area (Å²) in [4.78, 5) is 78.1. The lowest BCUT2D eigenvalue weighted by molar-refractivity contribution is -0.130. The zero-order valence-electron chi connectivity index (χ0n) is 37.1. The fraction of sp³-hybridized carbons (Fsp3) is 0.419. The summed E-state index contributed by atoms with van der Waals surface area (Å²) in [6.45, 7) is 9.71. The number of primary amides is 2. The number of benzene rings is 2. The third-order valence-corrected chi connectivity index (χ3v) is 10.9. The summed E-state index contributed by atoms with van der Waals surface area (Å²) >= 11 is 0. The molecule has 6 aromatic rings. The van der Waals surface area contributed by atoms with Crippen LogP contribution in [-0.2, 0) is 24.4 Å². The molecule has 0 bridgehead atoms. The van der Waals surface area contributed by atoms with Crippen molar-refractivity contribution in [3.8, 4) is 11.5 Å². The number of amides is 5. The van der Waals surface area contributed by atoms with E-state index < -0.39 is 23.6 Å². The monoisotopic (exact) mass is 878 g/mol. The molecule has 0 saturated carbocycles. The fourth-order valence-electron chi connectivity index (χ4n) is 7.91. The molecule has 21 heteroatoms. The van der Waals surface area contributed by atoms with Crippen LogP contribution in [-0.4, -0.2) is 125 Å². The van der Waals surface area contributed by atoms with E-state index in [1.54, 1.807) is 69.5 Å². The molecular formula is C43H54N14O7. The van der Waals surface area contributed by atoms with E-state index in [9.17, 15) is 24.0 Å². The van der Waals surface area contributed by atoms with Gasteiger partial charge in [0.1, 0.15) is 40.5 Å². The number of nitrogens with one attached hydrogen (secondary N) is 2. The Balaban J connectivity index is 1.22. The number of hydrogen-bond donors (Lipinski definition) is 4. The number of aryl methyl sites for hydroxylation is 5. The predicted octanol–water partition coefficient (Wildman–Crippen LogP) is 3.34. The number of ether oxygens (including phenoxy) is 2. The van der Waals surface area contributed by atoms with E-state index in [4.69, 9.17) is 30.9 Å². The van der Waals surface area contributed by atoms with Gasteiger partial charge in [0.2, 0.25) is 29.6 Å². The van der Waals surface area contributed by atoms with Gasteiger partial charge in [-0.05, 0) is 97.5 Å². The molecule has 5 heterocycles. The van der Waals surface area contributed by atoms with Crippen LogP contribution in [0.5, 0.6) is 11.5 Å². The van der Waals surface area contributed by atoms with Crippen molar-refractivity contribution in [1.82, 2.24) is 48.5 Å². The number of nitrogens with two attached hydrogens (primary N) is 2. The number of carbonyl (C=O) groups is 5. The second kappa shape index (κ2) is 18.6. The highest BCUT2D eigenvalue weighted by atomic mass is 16.5. The summed E-state index contributed by atoms with van der Waals surface area (Å²) in [6, 6.07) is 9.29. The van der Waals surface area contributed by atoms with Crippen molar-refractivity contribution in [1.29, 1.82) is 0 Å². The predicted molar refractivity (Wildman–Crippen MR) is 238 cm³/mol. The van der Waals surface area contributed by atoms with Gasteiger partial charge in [-0.2, -0.15) is 10.2 Å². The number of nitrogens with zero attached hydrogens (tertiary/aromatic N) is 10. The molecule has 0 saturated heterocycles. The summed E-state index contributed by atoms with van der Waals surface area (Å²) in [5, 5.41) is 14.8. The summed E-state index contributed by atoms with van der Waals surface area (Å²) in [7, 11) is 5.39. The normalized spacial score (nSPS) is 13.3. The van der Waals surface area contributed by atoms with Crippen molar-refractivity contribution in [3.05, 3.63) is 70.3 Å². The van der Waals surface area contributed by atoms with Gasteiger partial charge in [0.05, 0.1) is 41.6 Å². The highest BCUT2D eigenvalue weighted by Crippen LogP contribution is 2.39. The lowest BCUT2D eigenvalue weighted by atomic mass is 10.1. The van der Waals surface area contributed by atoms with Crippen LogP contribution in [0, 0.1) is 13.8 Å². The standard InChI is InChI=1S/C43H54N14O7/c1-8-55-31(16-24(3)50-55)40(61)48-42-46-29-18-26(38(44)59)20-33(63-15-11-13-53(7)35(58)22-52(5)6)36(29)54(42)14-10-12-28-23-64-34-21-27(39(45)60)19-30-37(34)57(28)43(47-30)49-41(62)32-17-25(4)51-56(32)9-2/h16-21,28H,8-15,22-23H2,1-7H3,(H2,44,59)(H2,45,60)(H,46,48,61)(H,47,49,62)/t28-/m0/s1. The maximum atomic E-state index is 13.9. The highest BCUT2D eigenvalue weighted by Gasteiger charge is 2.30. The molecule has 2 aromatic carbocycles. The van der Waals surface area contributed by atoms with Gasteiger partial charge in [-0.1, -0.05) is 0 Å². The van der Waals surface area contributed by atoms with Crippen LogP contribution in [0.15, 0.2) is 36.4 Å². The van der Waals surface area contributed by atoms with Gasteiger partial charge in [-0.3, -0.25) is 44.0 Å². The molecule has 1 atom stereocenters. The summed E-state index contributed by atoms with van der Waals surface area (Å²) in [5.74, 6) is -1.04. The van der Waals surface area contributed by atoms with Gasteiger partial charge in [0.15, 0.2) is 0 Å². The number of likely N-dealkylation sites (N-methyl/N-ethyl adjacent to an activating group) is 2. The van der Waals surface area contributed by atoms with Gasteiger partial charge in [0, 0.05) is 44.4 Å². The number of imidazole rings is 2. The molecule has 0 unspecified atom stereocenters. The van der Waals surface area contributed by atoms with Gasteiger partial charge < -0.3 is 39.9 Å². The fourth-order valence-corrected chi connectivity index (χ4v) is 7.91. The largest absolute Gasteiger partial charge is 0.491 e. The van der Waals surface area contributed by atoms with Crippen LogP contribution < -0.4 is 31.6 Å². The number of carbonyl (C=O) groups excluding carboxylic acids is 5. The molecule has 338 valence electrons. The minimum Gasteiger partial charge on any atom is -0.491 e. The first-order valence-electron chi connectivity index (χ1n) is 21.1. The zero-order chi connectivity index (χ0) is 46.0. The Morgan fingerprint density at radius 1 is 0.797 bits per heavy atom. The average molecular weight is 879 g/mol. The molecule has 0 aliphatic carbocycles. The van der Waals surface area contributed by atoms with Crippen molar-refractivity contribution < 1.29 is 33.4 Å². The highest BCUT2D eigenvalue weighted by molar-refractivity contribution is 6.05. The maximum absolute atomic E-state index is 13.9. The van der Waals surface area contributed by atoms with E-state index in [1.165, 1.54) is 0 Å². The van der Waals surface area contributed by atoms with Crippen molar-refractivity contribution in [2.75, 3.05) is 58.1 Å². The maximum Gasteiger partial charge on any atom is 0.276 e. The van der Waals surface area contributed by atoms with E-state index in [0.717, 1.165) is 0 Å². The third kappa shape index (κ3) is 9.24. The molecule has 0 spiro atoms. The van der Waals surface area contributed by atoms with Gasteiger partial charge in [-0.15, -0.1) is 0 Å². The van der Waals surface area contributed by atoms with Crippen molar-refractivity contribution in [2.24, 2.45) is 11.5 Å².